The number of carbonyl (C=O) groups excluding carboxylic acids is 1. The van der Waals surface area contributed by atoms with E-state index in [-0.39, 0.29) is 23.8 Å². The molecule has 1 aromatic heterocycles. The van der Waals surface area contributed by atoms with E-state index < -0.39 is 12.0 Å². The molecule has 4 rings (SSSR count). The third-order valence-electron chi connectivity index (χ3n) is 6.23. The number of nitrogens with zero attached hydrogens (tertiary/aromatic N) is 2. The van der Waals surface area contributed by atoms with Gasteiger partial charge in [0.15, 0.2) is 16.3 Å². The van der Waals surface area contributed by atoms with Crippen LogP contribution >= 0.6 is 38.9 Å². The molecule has 0 saturated carbocycles. The van der Waals surface area contributed by atoms with Gasteiger partial charge in [-0.1, -0.05) is 58.1 Å². The predicted molar refractivity (Wildman–Crippen MR) is 163 cm³/mol. The van der Waals surface area contributed by atoms with Gasteiger partial charge in [-0.25, -0.2) is 9.79 Å². The van der Waals surface area contributed by atoms with E-state index in [2.05, 4.69) is 21.9 Å². The number of terminal acetylenes is 1. The van der Waals surface area contributed by atoms with E-state index in [1.807, 2.05) is 19.1 Å². The van der Waals surface area contributed by atoms with Gasteiger partial charge in [-0.05, 0) is 55.3 Å². The Balaban J connectivity index is 2.00. The van der Waals surface area contributed by atoms with Crippen LogP contribution in [0.15, 0.2) is 55.9 Å². The standard InChI is InChI=1S/C30H28BrClN2O6S/c1-6-9-21-25(29(36)39-8-3)26(19-16-18(31)10-11-22(19)37-4)34-28(35)24(41-30(34)33-21)15-17-13-20(32)27(40-12-7-2)23(14-17)38-5/h2,10-11,13-16,26H,6,8-9,12H2,1,3-5H3/b24-15+/t26-/m1/s1. The lowest BCUT2D eigenvalue weighted by Gasteiger charge is -2.27. The van der Waals surface area contributed by atoms with Crippen molar-refractivity contribution < 1.29 is 23.7 Å². The molecule has 214 valence electrons. The zero-order valence-electron chi connectivity index (χ0n) is 23.0. The first-order valence-corrected chi connectivity index (χ1v) is 14.8. The molecule has 0 bridgehead atoms. The van der Waals surface area contributed by atoms with Gasteiger partial charge in [0.05, 0.1) is 41.7 Å². The van der Waals surface area contributed by atoms with Crippen molar-refractivity contribution in [3.8, 4) is 29.6 Å². The first kappa shape index (κ1) is 30.4. The molecule has 2 heterocycles. The molecular weight excluding hydrogens is 632 g/mol. The molecule has 0 amide bonds. The Labute approximate surface area is 255 Å². The number of hydrogen-bond acceptors (Lipinski definition) is 8. The van der Waals surface area contributed by atoms with Gasteiger partial charge >= 0.3 is 5.97 Å². The summed E-state index contributed by atoms with van der Waals surface area (Å²) in [5.74, 6) is 3.08. The molecule has 3 aromatic rings. The van der Waals surface area contributed by atoms with Crippen LogP contribution in [0.3, 0.4) is 0 Å². The number of halogens is 2. The Morgan fingerprint density at radius 2 is 1.98 bits per heavy atom. The lowest BCUT2D eigenvalue weighted by atomic mass is 9.93. The number of benzene rings is 2. The van der Waals surface area contributed by atoms with Gasteiger partial charge in [0.1, 0.15) is 18.4 Å². The van der Waals surface area contributed by atoms with Crippen molar-refractivity contribution in [2.24, 2.45) is 4.99 Å². The fourth-order valence-electron chi connectivity index (χ4n) is 4.56. The van der Waals surface area contributed by atoms with Crippen LogP contribution in [0.5, 0.6) is 17.2 Å². The Morgan fingerprint density at radius 1 is 1.22 bits per heavy atom. The summed E-state index contributed by atoms with van der Waals surface area (Å²) in [7, 11) is 3.04. The molecule has 41 heavy (non-hydrogen) atoms. The van der Waals surface area contributed by atoms with Crippen molar-refractivity contribution in [1.82, 2.24) is 4.57 Å². The highest BCUT2D eigenvalue weighted by Gasteiger charge is 2.36. The van der Waals surface area contributed by atoms with Gasteiger partial charge < -0.3 is 18.9 Å². The number of esters is 1. The van der Waals surface area contributed by atoms with Crippen LogP contribution < -0.4 is 29.1 Å². The van der Waals surface area contributed by atoms with Crippen molar-refractivity contribution in [2.75, 3.05) is 27.4 Å². The molecular formula is C30H28BrClN2O6S. The lowest BCUT2D eigenvalue weighted by molar-refractivity contribution is -0.139. The Bertz CT molecular complexity index is 1740. The zero-order chi connectivity index (χ0) is 29.7. The van der Waals surface area contributed by atoms with E-state index in [0.29, 0.717) is 55.4 Å². The number of allylic oxidation sites excluding steroid dienone is 1. The van der Waals surface area contributed by atoms with Gasteiger partial charge in [0.2, 0.25) is 0 Å². The minimum atomic E-state index is -0.820. The number of hydrogen-bond donors (Lipinski definition) is 0. The van der Waals surface area contributed by atoms with Gasteiger partial charge in [0.25, 0.3) is 5.56 Å². The molecule has 1 aliphatic heterocycles. The van der Waals surface area contributed by atoms with Gasteiger partial charge in [-0.2, -0.15) is 0 Å². The average molecular weight is 660 g/mol. The summed E-state index contributed by atoms with van der Waals surface area (Å²) in [6.45, 7) is 3.95. The van der Waals surface area contributed by atoms with Gasteiger partial charge in [-0.15, -0.1) is 6.42 Å². The van der Waals surface area contributed by atoms with E-state index in [9.17, 15) is 9.59 Å². The molecule has 1 aliphatic rings. The highest BCUT2D eigenvalue weighted by Crippen LogP contribution is 2.39. The quantitative estimate of drug-likeness (QED) is 0.224. The molecule has 0 saturated heterocycles. The van der Waals surface area contributed by atoms with Crippen LogP contribution in [-0.2, 0) is 9.53 Å². The average Bonchev–Trinajstić information content (AvgIpc) is 3.25. The largest absolute Gasteiger partial charge is 0.496 e. The minimum Gasteiger partial charge on any atom is -0.496 e. The van der Waals surface area contributed by atoms with E-state index in [4.69, 9.17) is 42.0 Å². The first-order chi connectivity index (χ1) is 19.8. The maximum Gasteiger partial charge on any atom is 0.338 e. The smallest absolute Gasteiger partial charge is 0.338 e. The topological polar surface area (TPSA) is 88.4 Å². The molecule has 11 heteroatoms. The fourth-order valence-corrected chi connectivity index (χ4v) is 6.23. The summed E-state index contributed by atoms with van der Waals surface area (Å²) in [6.07, 6.45) is 8.28. The second kappa shape index (κ2) is 13.4. The Kier molecular flexibility index (Phi) is 9.97. The third kappa shape index (κ3) is 6.22. The van der Waals surface area contributed by atoms with Crippen LogP contribution in [0.2, 0.25) is 5.02 Å². The normalized spacial score (nSPS) is 14.7. The number of thiazole rings is 1. The van der Waals surface area contributed by atoms with Crippen molar-refractivity contribution in [3.63, 3.8) is 0 Å². The van der Waals surface area contributed by atoms with Gasteiger partial charge in [0, 0.05) is 10.0 Å². The maximum atomic E-state index is 14.1. The zero-order valence-corrected chi connectivity index (χ0v) is 26.1. The summed E-state index contributed by atoms with van der Waals surface area (Å²) < 4.78 is 24.8. The van der Waals surface area contributed by atoms with Crippen molar-refractivity contribution in [3.05, 3.63) is 81.9 Å². The summed E-state index contributed by atoms with van der Waals surface area (Å²) >= 11 is 11.2. The number of aromatic nitrogens is 1. The molecule has 0 radical (unpaired) electrons. The van der Waals surface area contributed by atoms with E-state index in [1.165, 1.54) is 23.0 Å². The second-order valence-corrected chi connectivity index (χ2v) is 11.2. The molecule has 0 aliphatic carbocycles. The molecule has 0 spiro atoms. The minimum absolute atomic E-state index is 0.0238. The molecule has 0 unspecified atom stereocenters. The Morgan fingerprint density at radius 3 is 2.63 bits per heavy atom. The highest BCUT2D eigenvalue weighted by atomic mass is 79.9. The molecule has 1 atom stereocenters. The van der Waals surface area contributed by atoms with Gasteiger partial charge in [-0.3, -0.25) is 9.36 Å². The van der Waals surface area contributed by atoms with E-state index in [0.717, 1.165) is 10.9 Å². The summed E-state index contributed by atoms with van der Waals surface area (Å²) in [5, 5.41) is 0.283. The van der Waals surface area contributed by atoms with Crippen molar-refractivity contribution in [1.29, 1.82) is 0 Å². The SMILES string of the molecule is C#CCOc1c(Cl)cc(/C=c2/sc3n(c2=O)[C@H](c2cc(Br)ccc2OC)C(C(=O)OCC)=C(CCC)N=3)cc1OC. The summed E-state index contributed by atoms with van der Waals surface area (Å²) in [4.78, 5) is 32.7. The number of methoxy groups -OCH3 is 2. The van der Waals surface area contributed by atoms with Crippen LogP contribution in [0.1, 0.15) is 43.9 Å². The highest BCUT2D eigenvalue weighted by molar-refractivity contribution is 9.10. The second-order valence-electron chi connectivity index (χ2n) is 8.83. The molecule has 2 aromatic carbocycles. The number of fused-ring (bicyclic) bond motifs is 1. The molecule has 8 nitrogen and oxygen atoms in total. The molecule has 0 fully saturated rings. The van der Waals surface area contributed by atoms with E-state index in [1.54, 1.807) is 38.3 Å². The maximum absolute atomic E-state index is 14.1. The summed E-state index contributed by atoms with van der Waals surface area (Å²) in [6, 6.07) is 8.01. The molecule has 0 N–H and O–H groups in total. The van der Waals surface area contributed by atoms with E-state index >= 15 is 0 Å². The number of carbonyl (C=O) groups is 1. The van der Waals surface area contributed by atoms with Crippen molar-refractivity contribution in [2.45, 2.75) is 32.7 Å². The monoisotopic (exact) mass is 658 g/mol. The fraction of sp³-hybridized carbons (Fsp3) is 0.300. The number of rotatable bonds is 10. The number of ether oxygens (including phenoxy) is 4. The lowest BCUT2D eigenvalue weighted by Crippen LogP contribution is -2.40. The van der Waals surface area contributed by atoms with Crippen molar-refractivity contribution >= 4 is 50.9 Å². The first-order valence-electron chi connectivity index (χ1n) is 12.8. The van der Waals surface area contributed by atoms with Crippen LogP contribution in [0, 0.1) is 12.3 Å². The van der Waals surface area contributed by atoms with Crippen LogP contribution in [0.25, 0.3) is 6.08 Å². The Hall–Kier alpha value is -3.52. The van der Waals surface area contributed by atoms with Crippen LogP contribution in [0.4, 0.5) is 0 Å². The third-order valence-corrected chi connectivity index (χ3v) is 7.98. The summed E-state index contributed by atoms with van der Waals surface area (Å²) in [5.41, 5.74) is 1.79. The van der Waals surface area contributed by atoms with Crippen LogP contribution in [-0.4, -0.2) is 38.0 Å². The predicted octanol–water partition coefficient (Wildman–Crippen LogP) is 5.02.